The van der Waals surface area contributed by atoms with E-state index < -0.39 is 12.1 Å². The van der Waals surface area contributed by atoms with Gasteiger partial charge in [-0.25, -0.2) is 0 Å². The van der Waals surface area contributed by atoms with Gasteiger partial charge in [0.05, 0.1) is 0 Å². The number of carbonyl (C=O) groups is 2. The first-order valence-corrected chi connectivity index (χ1v) is 8.14. The Balaban J connectivity index is 3.12. The fourth-order valence-electron chi connectivity index (χ4n) is 2.60. The molecule has 0 saturated heterocycles. The molecule has 0 saturated carbocycles. The third-order valence-corrected chi connectivity index (χ3v) is 4.03. The molecule has 1 unspecified atom stereocenters. The van der Waals surface area contributed by atoms with Crippen molar-refractivity contribution >= 4 is 27.7 Å². The van der Waals surface area contributed by atoms with Gasteiger partial charge in [-0.2, -0.15) is 0 Å². The highest BCUT2D eigenvalue weighted by Crippen LogP contribution is 2.40. The molecule has 0 amide bonds. The summed E-state index contributed by atoms with van der Waals surface area (Å²) in [6.07, 6.45) is 5.94. The summed E-state index contributed by atoms with van der Waals surface area (Å²) < 4.78 is 5.16. The van der Waals surface area contributed by atoms with Crippen molar-refractivity contribution in [2.45, 2.75) is 47.1 Å². The maximum Gasteiger partial charge on any atom is 0.303 e. The maximum absolute atomic E-state index is 12.3. The van der Waals surface area contributed by atoms with Crippen LogP contribution in [0.3, 0.4) is 0 Å². The minimum absolute atomic E-state index is 0.0914. The van der Waals surface area contributed by atoms with Crippen LogP contribution in [-0.2, 0) is 14.3 Å². The molecular weight excluding hydrogens is 332 g/mol. The second-order valence-electron chi connectivity index (χ2n) is 6.02. The van der Waals surface area contributed by atoms with Crippen molar-refractivity contribution in [3.8, 4) is 0 Å². The van der Waals surface area contributed by atoms with Crippen molar-refractivity contribution < 1.29 is 14.3 Å². The number of alkyl halides is 1. The molecule has 0 N–H and O–H groups in total. The van der Waals surface area contributed by atoms with Crippen LogP contribution in [0.25, 0.3) is 0 Å². The molecule has 0 aromatic heterocycles. The van der Waals surface area contributed by atoms with Gasteiger partial charge in [-0.1, -0.05) is 53.6 Å². The van der Waals surface area contributed by atoms with E-state index in [2.05, 4.69) is 35.9 Å². The van der Waals surface area contributed by atoms with E-state index in [0.717, 1.165) is 16.5 Å². The number of carbonyl (C=O) groups excluding carboxylic acids is 2. The Kier molecular flexibility index (Phi) is 6.14. The smallest absolute Gasteiger partial charge is 0.303 e. The Bertz CT molecular complexity index is 524. The highest BCUT2D eigenvalue weighted by molar-refractivity contribution is 9.09. The number of esters is 1. The molecular formula is C17H23BrO3. The van der Waals surface area contributed by atoms with Crippen LogP contribution in [0.4, 0.5) is 0 Å². The standard InChI is InChI=1S/C17H23BrO3/c1-11(8-9-18)6-7-14-12(2)16(20)15(21-13(3)19)10-17(14,4)5/h6-8,15H,9-10H2,1-5H3. The molecule has 0 fully saturated rings. The van der Waals surface area contributed by atoms with Crippen LogP contribution in [-0.4, -0.2) is 23.2 Å². The molecule has 1 rings (SSSR count). The minimum Gasteiger partial charge on any atom is -0.454 e. The van der Waals surface area contributed by atoms with Gasteiger partial charge in [-0.05, 0) is 30.4 Å². The van der Waals surface area contributed by atoms with Crippen molar-refractivity contribution in [3.63, 3.8) is 0 Å². The lowest BCUT2D eigenvalue weighted by Gasteiger charge is -2.36. The number of rotatable bonds is 4. The summed E-state index contributed by atoms with van der Waals surface area (Å²) in [6, 6.07) is 0. The summed E-state index contributed by atoms with van der Waals surface area (Å²) in [4.78, 5) is 23.5. The molecule has 0 spiro atoms. The highest BCUT2D eigenvalue weighted by atomic mass is 79.9. The second kappa shape index (κ2) is 7.21. The van der Waals surface area contributed by atoms with Crippen molar-refractivity contribution in [1.29, 1.82) is 0 Å². The van der Waals surface area contributed by atoms with Gasteiger partial charge in [-0.15, -0.1) is 0 Å². The molecule has 116 valence electrons. The van der Waals surface area contributed by atoms with Crippen molar-refractivity contribution in [2.75, 3.05) is 5.33 Å². The number of halogens is 1. The minimum atomic E-state index is -0.658. The number of hydrogen-bond donors (Lipinski definition) is 0. The monoisotopic (exact) mass is 354 g/mol. The first kappa shape index (κ1) is 17.9. The molecule has 4 heteroatoms. The van der Waals surface area contributed by atoms with Gasteiger partial charge in [0.1, 0.15) is 0 Å². The zero-order valence-electron chi connectivity index (χ0n) is 13.3. The molecule has 1 aliphatic carbocycles. The number of hydrogen-bond acceptors (Lipinski definition) is 3. The summed E-state index contributed by atoms with van der Waals surface area (Å²) in [6.45, 7) is 9.31. The van der Waals surface area contributed by atoms with Gasteiger partial charge >= 0.3 is 5.97 Å². The Hall–Kier alpha value is -1.16. The summed E-state index contributed by atoms with van der Waals surface area (Å²) in [5.41, 5.74) is 2.62. The van der Waals surface area contributed by atoms with Crippen LogP contribution >= 0.6 is 15.9 Å². The molecule has 1 atom stereocenters. The number of ketones is 1. The van der Waals surface area contributed by atoms with Crippen molar-refractivity contribution in [2.24, 2.45) is 5.41 Å². The first-order valence-electron chi connectivity index (χ1n) is 7.02. The zero-order chi connectivity index (χ0) is 16.2. The number of allylic oxidation sites excluding steroid dienone is 5. The molecule has 0 radical (unpaired) electrons. The molecule has 0 aromatic rings. The summed E-state index contributed by atoms with van der Waals surface area (Å²) in [5, 5.41) is 0.804. The average molecular weight is 355 g/mol. The Labute approximate surface area is 135 Å². The van der Waals surface area contributed by atoms with E-state index in [-0.39, 0.29) is 11.2 Å². The lowest BCUT2D eigenvalue weighted by molar-refractivity contribution is -0.153. The Morgan fingerprint density at radius 1 is 1.43 bits per heavy atom. The number of ether oxygens (including phenoxy) is 1. The van der Waals surface area contributed by atoms with E-state index in [4.69, 9.17) is 4.74 Å². The molecule has 21 heavy (non-hydrogen) atoms. The molecule has 0 heterocycles. The fourth-order valence-corrected chi connectivity index (χ4v) is 3.11. The SMILES string of the molecule is CC(=O)OC1CC(C)(C)C(C=CC(C)=CCBr)=C(C)C1=O. The Morgan fingerprint density at radius 2 is 2.05 bits per heavy atom. The van der Waals surface area contributed by atoms with Crippen LogP contribution in [0.2, 0.25) is 0 Å². The quantitative estimate of drug-likeness (QED) is 0.433. The average Bonchev–Trinajstić information content (AvgIpc) is 2.34. The molecule has 0 bridgehead atoms. The van der Waals surface area contributed by atoms with Crippen molar-refractivity contribution in [3.05, 3.63) is 34.9 Å². The molecule has 1 aliphatic rings. The second-order valence-corrected chi connectivity index (χ2v) is 6.67. The van der Waals surface area contributed by atoms with E-state index in [1.807, 2.05) is 26.0 Å². The van der Waals surface area contributed by atoms with E-state index in [9.17, 15) is 9.59 Å². The van der Waals surface area contributed by atoms with Gasteiger partial charge in [0.2, 0.25) is 0 Å². The van der Waals surface area contributed by atoms with E-state index in [0.29, 0.717) is 12.0 Å². The van der Waals surface area contributed by atoms with Crippen LogP contribution in [0.1, 0.15) is 41.0 Å². The lowest BCUT2D eigenvalue weighted by Crippen LogP contribution is -2.38. The van der Waals surface area contributed by atoms with Crippen LogP contribution in [0, 0.1) is 5.41 Å². The summed E-state index contributed by atoms with van der Waals surface area (Å²) >= 11 is 3.37. The number of Topliss-reactive ketones (excluding diaryl/α,β-unsaturated/α-hetero) is 1. The van der Waals surface area contributed by atoms with Gasteiger partial charge < -0.3 is 4.74 Å². The zero-order valence-corrected chi connectivity index (χ0v) is 14.9. The fraction of sp³-hybridized carbons (Fsp3) is 0.529. The molecule has 0 aliphatic heterocycles. The normalized spacial score (nSPS) is 22.9. The van der Waals surface area contributed by atoms with Crippen molar-refractivity contribution in [1.82, 2.24) is 0 Å². The largest absolute Gasteiger partial charge is 0.454 e. The predicted octanol–water partition coefficient (Wildman–Crippen LogP) is 4.13. The third-order valence-electron chi connectivity index (χ3n) is 3.71. The van der Waals surface area contributed by atoms with Gasteiger partial charge in [0.25, 0.3) is 0 Å². The topological polar surface area (TPSA) is 43.4 Å². The third kappa shape index (κ3) is 4.67. The van der Waals surface area contributed by atoms with Gasteiger partial charge in [0, 0.05) is 18.7 Å². The maximum atomic E-state index is 12.3. The highest BCUT2D eigenvalue weighted by Gasteiger charge is 2.39. The molecule has 0 aromatic carbocycles. The van der Waals surface area contributed by atoms with Gasteiger partial charge in [0.15, 0.2) is 11.9 Å². The first-order chi connectivity index (χ1) is 9.69. The van der Waals surface area contributed by atoms with E-state index in [1.54, 1.807) is 0 Å². The van der Waals surface area contributed by atoms with E-state index >= 15 is 0 Å². The Morgan fingerprint density at radius 3 is 2.57 bits per heavy atom. The van der Waals surface area contributed by atoms with E-state index in [1.165, 1.54) is 6.92 Å². The van der Waals surface area contributed by atoms with Crippen LogP contribution in [0.5, 0.6) is 0 Å². The lowest BCUT2D eigenvalue weighted by atomic mass is 9.71. The predicted molar refractivity (Wildman–Crippen MR) is 88.4 cm³/mol. The molecule has 3 nitrogen and oxygen atoms in total. The van der Waals surface area contributed by atoms with Crippen LogP contribution < -0.4 is 0 Å². The van der Waals surface area contributed by atoms with Crippen LogP contribution in [0.15, 0.2) is 34.9 Å². The summed E-state index contributed by atoms with van der Waals surface area (Å²) in [7, 11) is 0. The summed E-state index contributed by atoms with van der Waals surface area (Å²) in [5.74, 6) is -0.502. The van der Waals surface area contributed by atoms with Gasteiger partial charge in [-0.3, -0.25) is 9.59 Å².